The van der Waals surface area contributed by atoms with E-state index in [0.717, 1.165) is 25.7 Å². The molecule has 0 saturated heterocycles. The molecule has 21 heavy (non-hydrogen) atoms. The number of rotatable bonds is 6. The number of furan rings is 1. The van der Waals surface area contributed by atoms with Crippen LogP contribution in [-0.2, 0) is 4.79 Å². The summed E-state index contributed by atoms with van der Waals surface area (Å²) in [5.74, 6) is -0.220. The van der Waals surface area contributed by atoms with Gasteiger partial charge in [0.25, 0.3) is 5.91 Å². The maximum absolute atomic E-state index is 12.4. The van der Waals surface area contributed by atoms with Crippen molar-refractivity contribution in [2.75, 3.05) is 26.7 Å². The monoisotopic (exact) mass is 294 g/mol. The molecule has 0 bridgehead atoms. The van der Waals surface area contributed by atoms with E-state index in [1.807, 2.05) is 0 Å². The number of amides is 2. The van der Waals surface area contributed by atoms with Crippen LogP contribution in [0.4, 0.5) is 0 Å². The second kappa shape index (κ2) is 7.26. The molecule has 1 heterocycles. The molecule has 1 aliphatic rings. The fraction of sp³-hybridized carbons (Fsp3) is 0.600. The second-order valence-corrected chi connectivity index (χ2v) is 5.39. The molecular formula is C15H22N2O4. The Morgan fingerprint density at radius 1 is 1.38 bits per heavy atom. The summed E-state index contributed by atoms with van der Waals surface area (Å²) >= 11 is 0. The Hall–Kier alpha value is -1.82. The highest BCUT2D eigenvalue weighted by atomic mass is 16.3. The zero-order chi connectivity index (χ0) is 15.2. The lowest BCUT2D eigenvalue weighted by Crippen LogP contribution is -2.46. The van der Waals surface area contributed by atoms with E-state index in [0.29, 0.717) is 6.54 Å². The third kappa shape index (κ3) is 3.85. The van der Waals surface area contributed by atoms with Gasteiger partial charge in [-0.25, -0.2) is 0 Å². The van der Waals surface area contributed by atoms with E-state index in [1.54, 1.807) is 24.1 Å². The molecule has 0 spiro atoms. The van der Waals surface area contributed by atoms with Crippen molar-refractivity contribution in [3.8, 4) is 0 Å². The SMILES string of the molecule is CN(CC(=O)N(CCO)C1CCCC1)C(=O)c1ccco1. The summed E-state index contributed by atoms with van der Waals surface area (Å²) in [4.78, 5) is 27.5. The zero-order valence-corrected chi connectivity index (χ0v) is 12.3. The quantitative estimate of drug-likeness (QED) is 0.853. The number of nitrogens with zero attached hydrogens (tertiary/aromatic N) is 2. The van der Waals surface area contributed by atoms with Gasteiger partial charge in [-0.05, 0) is 25.0 Å². The van der Waals surface area contributed by atoms with Gasteiger partial charge in [0, 0.05) is 19.6 Å². The fourth-order valence-corrected chi connectivity index (χ4v) is 2.79. The Balaban J connectivity index is 1.95. The number of aliphatic hydroxyl groups excluding tert-OH is 1. The number of carbonyl (C=O) groups is 2. The molecule has 2 rings (SSSR count). The minimum atomic E-state index is -0.316. The highest BCUT2D eigenvalue weighted by Gasteiger charge is 2.28. The smallest absolute Gasteiger partial charge is 0.289 e. The Kier molecular flexibility index (Phi) is 5.38. The molecule has 1 aromatic rings. The van der Waals surface area contributed by atoms with Crippen LogP contribution in [-0.4, -0.2) is 59.5 Å². The maximum Gasteiger partial charge on any atom is 0.289 e. The highest BCUT2D eigenvalue weighted by molar-refractivity contribution is 5.94. The molecule has 0 aliphatic heterocycles. The Morgan fingerprint density at radius 3 is 2.67 bits per heavy atom. The summed E-state index contributed by atoms with van der Waals surface area (Å²) in [7, 11) is 1.58. The Labute approximate surface area is 124 Å². The van der Waals surface area contributed by atoms with Gasteiger partial charge in [-0.1, -0.05) is 12.8 Å². The molecule has 0 aromatic carbocycles. The summed E-state index contributed by atoms with van der Waals surface area (Å²) in [6.45, 7) is 0.264. The van der Waals surface area contributed by atoms with E-state index in [-0.39, 0.29) is 36.8 Å². The molecule has 0 radical (unpaired) electrons. The van der Waals surface area contributed by atoms with Crippen LogP contribution in [0.3, 0.4) is 0 Å². The summed E-state index contributed by atoms with van der Waals surface area (Å²) in [6.07, 6.45) is 5.60. The van der Waals surface area contributed by atoms with Crippen molar-refractivity contribution in [2.24, 2.45) is 0 Å². The number of carbonyl (C=O) groups excluding carboxylic acids is 2. The molecule has 1 aromatic heterocycles. The van der Waals surface area contributed by atoms with Crippen LogP contribution in [0.5, 0.6) is 0 Å². The van der Waals surface area contributed by atoms with Gasteiger partial charge in [0.2, 0.25) is 5.91 Å². The van der Waals surface area contributed by atoms with Gasteiger partial charge < -0.3 is 19.3 Å². The van der Waals surface area contributed by atoms with Crippen LogP contribution >= 0.6 is 0 Å². The minimum Gasteiger partial charge on any atom is -0.459 e. The fourth-order valence-electron chi connectivity index (χ4n) is 2.79. The summed E-state index contributed by atoms with van der Waals surface area (Å²) in [6, 6.07) is 3.40. The van der Waals surface area contributed by atoms with E-state index >= 15 is 0 Å². The predicted molar refractivity (Wildman–Crippen MR) is 76.7 cm³/mol. The number of aliphatic hydroxyl groups is 1. The van der Waals surface area contributed by atoms with Crippen LogP contribution in [0.2, 0.25) is 0 Å². The van der Waals surface area contributed by atoms with E-state index in [4.69, 9.17) is 9.52 Å². The first kappa shape index (κ1) is 15.6. The first-order chi connectivity index (χ1) is 10.1. The third-order valence-corrected chi connectivity index (χ3v) is 3.88. The molecule has 1 fully saturated rings. The number of hydrogen-bond donors (Lipinski definition) is 1. The van der Waals surface area contributed by atoms with Gasteiger partial charge in [0.15, 0.2) is 5.76 Å². The van der Waals surface area contributed by atoms with E-state index < -0.39 is 0 Å². The minimum absolute atomic E-state index is 0.00394. The van der Waals surface area contributed by atoms with Crippen LogP contribution in [0.15, 0.2) is 22.8 Å². The van der Waals surface area contributed by atoms with Gasteiger partial charge in [-0.2, -0.15) is 0 Å². The van der Waals surface area contributed by atoms with Crippen molar-refractivity contribution in [1.29, 1.82) is 0 Å². The Bertz CT molecular complexity index is 466. The van der Waals surface area contributed by atoms with Crippen LogP contribution in [0.25, 0.3) is 0 Å². The molecule has 0 atom stereocenters. The lowest BCUT2D eigenvalue weighted by atomic mass is 10.2. The summed E-state index contributed by atoms with van der Waals surface area (Å²) < 4.78 is 5.05. The van der Waals surface area contributed by atoms with Gasteiger partial charge in [-0.15, -0.1) is 0 Å². The lowest BCUT2D eigenvalue weighted by molar-refractivity contribution is -0.134. The van der Waals surface area contributed by atoms with Gasteiger partial charge in [0.1, 0.15) is 0 Å². The molecule has 1 aliphatic carbocycles. The molecule has 6 nitrogen and oxygen atoms in total. The number of hydrogen-bond acceptors (Lipinski definition) is 4. The Morgan fingerprint density at radius 2 is 2.10 bits per heavy atom. The maximum atomic E-state index is 12.4. The van der Waals surface area contributed by atoms with Gasteiger partial charge >= 0.3 is 0 Å². The first-order valence-corrected chi connectivity index (χ1v) is 7.32. The molecular weight excluding hydrogens is 272 g/mol. The van der Waals surface area contributed by atoms with Crippen molar-refractivity contribution in [1.82, 2.24) is 9.80 Å². The summed E-state index contributed by atoms with van der Waals surface area (Å²) in [5, 5.41) is 9.15. The van der Waals surface area contributed by atoms with E-state index in [2.05, 4.69) is 0 Å². The third-order valence-electron chi connectivity index (χ3n) is 3.88. The van der Waals surface area contributed by atoms with Crippen LogP contribution < -0.4 is 0 Å². The average molecular weight is 294 g/mol. The van der Waals surface area contributed by atoms with Crippen molar-refractivity contribution in [3.63, 3.8) is 0 Å². The van der Waals surface area contributed by atoms with Crippen molar-refractivity contribution < 1.29 is 19.1 Å². The normalized spacial score (nSPS) is 15.1. The molecule has 2 amide bonds. The zero-order valence-electron chi connectivity index (χ0n) is 12.3. The molecule has 6 heteroatoms. The second-order valence-electron chi connectivity index (χ2n) is 5.39. The molecule has 116 valence electrons. The van der Waals surface area contributed by atoms with Crippen LogP contribution in [0.1, 0.15) is 36.2 Å². The topological polar surface area (TPSA) is 74.0 Å². The lowest BCUT2D eigenvalue weighted by Gasteiger charge is -2.30. The first-order valence-electron chi connectivity index (χ1n) is 7.32. The van der Waals surface area contributed by atoms with Crippen molar-refractivity contribution in [3.05, 3.63) is 24.2 Å². The average Bonchev–Trinajstić information content (AvgIpc) is 3.16. The highest BCUT2D eigenvalue weighted by Crippen LogP contribution is 2.23. The van der Waals surface area contributed by atoms with E-state index in [1.165, 1.54) is 11.2 Å². The molecule has 1 saturated carbocycles. The molecule has 0 unspecified atom stereocenters. The van der Waals surface area contributed by atoms with Crippen molar-refractivity contribution >= 4 is 11.8 Å². The predicted octanol–water partition coefficient (Wildman–Crippen LogP) is 1.12. The van der Waals surface area contributed by atoms with Gasteiger partial charge in [-0.3, -0.25) is 9.59 Å². The van der Waals surface area contributed by atoms with Crippen LogP contribution in [0, 0.1) is 0 Å². The number of likely N-dealkylation sites (N-methyl/N-ethyl adjacent to an activating group) is 1. The molecule has 1 N–H and O–H groups in total. The van der Waals surface area contributed by atoms with E-state index in [9.17, 15) is 9.59 Å². The summed E-state index contributed by atoms with van der Waals surface area (Å²) in [5.41, 5.74) is 0. The van der Waals surface area contributed by atoms with Crippen molar-refractivity contribution in [2.45, 2.75) is 31.7 Å². The largest absolute Gasteiger partial charge is 0.459 e. The van der Waals surface area contributed by atoms with Gasteiger partial charge in [0.05, 0.1) is 19.4 Å². The standard InChI is InChI=1S/C15H22N2O4/c1-16(15(20)13-7-4-10-21-13)11-14(19)17(8-9-18)12-5-2-3-6-12/h4,7,10,12,18H,2-3,5-6,8-9,11H2,1H3.